The zero-order chi connectivity index (χ0) is 13.8. The van der Waals surface area contributed by atoms with Crippen molar-refractivity contribution in [2.75, 3.05) is 12.8 Å². The molecule has 0 atom stereocenters. The maximum absolute atomic E-state index is 11.8. The summed E-state index contributed by atoms with van der Waals surface area (Å²) in [6.45, 7) is 3.63. The number of carbonyl (C=O) groups is 1. The Morgan fingerprint density at radius 1 is 1.22 bits per heavy atom. The van der Waals surface area contributed by atoms with E-state index in [1.165, 1.54) is 0 Å². The summed E-state index contributed by atoms with van der Waals surface area (Å²) in [5, 5.41) is 2.70. The first-order chi connectivity index (χ1) is 8.20. The van der Waals surface area contributed by atoms with E-state index in [9.17, 15) is 13.2 Å². The normalized spacial score (nSPS) is 12.2. The van der Waals surface area contributed by atoms with Crippen LogP contribution in [0.15, 0.2) is 30.3 Å². The van der Waals surface area contributed by atoms with Gasteiger partial charge in [0.05, 0.1) is 6.26 Å². The lowest BCUT2D eigenvalue weighted by molar-refractivity contribution is 0.0944. The van der Waals surface area contributed by atoms with Crippen molar-refractivity contribution in [2.45, 2.75) is 19.4 Å². The summed E-state index contributed by atoms with van der Waals surface area (Å²) >= 11 is 0. The standard InChI is InChI=1S/C12H18N2O3S/c1-12(2,14-18(3,16)17)9-13-11(15)10-7-5-4-6-8-10/h4-8,14H,9H2,1-3H3,(H,13,15). The zero-order valence-electron chi connectivity index (χ0n) is 10.7. The number of amides is 1. The molecule has 0 saturated heterocycles. The van der Waals surface area contributed by atoms with Crippen LogP contribution in [0.1, 0.15) is 24.2 Å². The van der Waals surface area contributed by atoms with Crippen LogP contribution in [0, 0.1) is 0 Å². The van der Waals surface area contributed by atoms with Crippen molar-refractivity contribution >= 4 is 15.9 Å². The minimum Gasteiger partial charge on any atom is -0.350 e. The van der Waals surface area contributed by atoms with Crippen LogP contribution in [0.4, 0.5) is 0 Å². The van der Waals surface area contributed by atoms with Crippen LogP contribution in [0.5, 0.6) is 0 Å². The molecular weight excluding hydrogens is 252 g/mol. The highest BCUT2D eigenvalue weighted by molar-refractivity contribution is 7.88. The van der Waals surface area contributed by atoms with Gasteiger partial charge in [-0.2, -0.15) is 0 Å². The molecule has 0 aliphatic rings. The predicted octanol–water partition coefficient (Wildman–Crippen LogP) is 0.744. The van der Waals surface area contributed by atoms with E-state index in [1.807, 2.05) is 6.07 Å². The lowest BCUT2D eigenvalue weighted by atomic mass is 10.1. The molecule has 0 spiro atoms. The second-order valence-corrected chi connectivity index (χ2v) is 6.56. The summed E-state index contributed by atoms with van der Waals surface area (Å²) in [5.41, 5.74) is -0.175. The van der Waals surface area contributed by atoms with Gasteiger partial charge in [-0.1, -0.05) is 18.2 Å². The average molecular weight is 270 g/mol. The molecule has 0 unspecified atom stereocenters. The largest absolute Gasteiger partial charge is 0.350 e. The molecule has 0 aromatic heterocycles. The highest BCUT2D eigenvalue weighted by atomic mass is 32.2. The van der Waals surface area contributed by atoms with Crippen molar-refractivity contribution in [2.24, 2.45) is 0 Å². The number of carbonyl (C=O) groups excluding carboxylic acids is 1. The Morgan fingerprint density at radius 2 is 1.78 bits per heavy atom. The molecule has 100 valence electrons. The van der Waals surface area contributed by atoms with Gasteiger partial charge in [0.15, 0.2) is 0 Å². The molecule has 1 aromatic rings. The summed E-state index contributed by atoms with van der Waals surface area (Å²) in [5.74, 6) is -0.223. The maximum atomic E-state index is 11.8. The van der Waals surface area contributed by atoms with Gasteiger partial charge in [-0.25, -0.2) is 13.1 Å². The molecule has 5 nitrogen and oxygen atoms in total. The van der Waals surface area contributed by atoms with E-state index in [-0.39, 0.29) is 12.5 Å². The Hall–Kier alpha value is -1.40. The van der Waals surface area contributed by atoms with E-state index in [2.05, 4.69) is 10.0 Å². The molecule has 18 heavy (non-hydrogen) atoms. The molecule has 0 radical (unpaired) electrons. The summed E-state index contributed by atoms with van der Waals surface area (Å²) in [7, 11) is -3.30. The summed E-state index contributed by atoms with van der Waals surface area (Å²) in [6, 6.07) is 8.77. The quantitative estimate of drug-likeness (QED) is 0.829. The highest BCUT2D eigenvalue weighted by Crippen LogP contribution is 2.03. The van der Waals surface area contributed by atoms with Crippen LogP contribution >= 0.6 is 0 Å². The molecule has 0 saturated carbocycles. The fourth-order valence-electron chi connectivity index (χ4n) is 1.53. The van der Waals surface area contributed by atoms with Gasteiger partial charge in [0, 0.05) is 17.6 Å². The molecule has 1 amide bonds. The Bertz CT molecular complexity index is 509. The third kappa shape index (κ3) is 5.29. The SMILES string of the molecule is CC(C)(CNC(=O)c1ccccc1)NS(C)(=O)=O. The molecule has 0 fully saturated rings. The summed E-state index contributed by atoms with van der Waals surface area (Å²) in [4.78, 5) is 11.8. The predicted molar refractivity (Wildman–Crippen MR) is 70.8 cm³/mol. The molecule has 0 aliphatic carbocycles. The monoisotopic (exact) mass is 270 g/mol. The third-order valence-corrected chi connectivity index (χ3v) is 3.11. The Balaban J connectivity index is 2.58. The van der Waals surface area contributed by atoms with Gasteiger partial charge in [-0.3, -0.25) is 4.79 Å². The van der Waals surface area contributed by atoms with Gasteiger partial charge in [-0.05, 0) is 26.0 Å². The molecular formula is C12H18N2O3S. The van der Waals surface area contributed by atoms with Crippen molar-refractivity contribution < 1.29 is 13.2 Å². The first kappa shape index (κ1) is 14.7. The minimum atomic E-state index is -3.30. The van der Waals surface area contributed by atoms with Crippen LogP contribution in [-0.2, 0) is 10.0 Å². The second kappa shape index (κ2) is 5.49. The minimum absolute atomic E-state index is 0.216. The van der Waals surface area contributed by atoms with Crippen molar-refractivity contribution in [3.63, 3.8) is 0 Å². The van der Waals surface area contributed by atoms with Crippen LogP contribution in [0.3, 0.4) is 0 Å². The Morgan fingerprint density at radius 3 is 2.28 bits per heavy atom. The number of hydrogen-bond donors (Lipinski definition) is 2. The van der Waals surface area contributed by atoms with E-state index in [4.69, 9.17) is 0 Å². The molecule has 1 aromatic carbocycles. The fourth-order valence-corrected chi connectivity index (χ4v) is 2.61. The number of benzene rings is 1. The molecule has 0 bridgehead atoms. The first-order valence-electron chi connectivity index (χ1n) is 5.52. The van der Waals surface area contributed by atoms with Gasteiger partial charge in [0.1, 0.15) is 0 Å². The second-order valence-electron chi connectivity index (χ2n) is 4.81. The molecule has 0 heterocycles. The van der Waals surface area contributed by atoms with E-state index in [1.54, 1.807) is 38.1 Å². The highest BCUT2D eigenvalue weighted by Gasteiger charge is 2.22. The Labute approximate surface area is 108 Å². The van der Waals surface area contributed by atoms with Crippen molar-refractivity contribution in [3.05, 3.63) is 35.9 Å². The molecule has 6 heteroatoms. The van der Waals surface area contributed by atoms with E-state index < -0.39 is 15.6 Å². The number of hydrogen-bond acceptors (Lipinski definition) is 3. The zero-order valence-corrected chi connectivity index (χ0v) is 11.5. The van der Waals surface area contributed by atoms with Crippen LogP contribution < -0.4 is 10.0 Å². The number of sulfonamides is 1. The lowest BCUT2D eigenvalue weighted by Gasteiger charge is -2.25. The van der Waals surface area contributed by atoms with Gasteiger partial charge >= 0.3 is 0 Å². The van der Waals surface area contributed by atoms with E-state index in [0.717, 1.165) is 6.26 Å². The van der Waals surface area contributed by atoms with Crippen LogP contribution in [0.2, 0.25) is 0 Å². The van der Waals surface area contributed by atoms with Crippen molar-refractivity contribution in [1.29, 1.82) is 0 Å². The molecule has 2 N–H and O–H groups in total. The maximum Gasteiger partial charge on any atom is 0.251 e. The van der Waals surface area contributed by atoms with Crippen LogP contribution in [0.25, 0.3) is 0 Å². The van der Waals surface area contributed by atoms with Gasteiger partial charge in [0.25, 0.3) is 5.91 Å². The lowest BCUT2D eigenvalue weighted by Crippen LogP contribution is -2.50. The van der Waals surface area contributed by atoms with E-state index in [0.29, 0.717) is 5.56 Å². The van der Waals surface area contributed by atoms with Crippen molar-refractivity contribution in [1.82, 2.24) is 10.0 Å². The van der Waals surface area contributed by atoms with Crippen molar-refractivity contribution in [3.8, 4) is 0 Å². The Kier molecular flexibility index (Phi) is 4.48. The topological polar surface area (TPSA) is 75.3 Å². The number of rotatable bonds is 5. The smallest absolute Gasteiger partial charge is 0.251 e. The molecule has 0 aliphatic heterocycles. The fraction of sp³-hybridized carbons (Fsp3) is 0.417. The van der Waals surface area contributed by atoms with Gasteiger partial charge < -0.3 is 5.32 Å². The summed E-state index contributed by atoms with van der Waals surface area (Å²) < 4.78 is 24.7. The third-order valence-electron chi connectivity index (χ3n) is 2.19. The first-order valence-corrected chi connectivity index (χ1v) is 7.41. The van der Waals surface area contributed by atoms with Gasteiger partial charge in [-0.15, -0.1) is 0 Å². The average Bonchev–Trinajstić information content (AvgIpc) is 2.24. The van der Waals surface area contributed by atoms with E-state index >= 15 is 0 Å². The summed E-state index contributed by atoms with van der Waals surface area (Å²) in [6.07, 6.45) is 1.09. The number of nitrogens with one attached hydrogen (secondary N) is 2. The van der Waals surface area contributed by atoms with Crippen LogP contribution in [-0.4, -0.2) is 32.7 Å². The molecule has 1 rings (SSSR count). The van der Waals surface area contributed by atoms with Gasteiger partial charge in [0.2, 0.25) is 10.0 Å².